The molecule has 0 amide bonds. The molecule has 2 atom stereocenters. The third kappa shape index (κ3) is 4.77. The molecule has 2 rings (SSSR count). The molecule has 5 heteroatoms. The summed E-state index contributed by atoms with van der Waals surface area (Å²) in [7, 11) is 3.74. The van der Waals surface area contributed by atoms with Gasteiger partial charge >= 0.3 is 0 Å². The van der Waals surface area contributed by atoms with Crippen LogP contribution < -0.4 is 10.6 Å². The lowest BCUT2D eigenvalue weighted by Crippen LogP contribution is -2.27. The molecule has 2 aromatic carbocycles. The third-order valence-corrected chi connectivity index (χ3v) is 6.18. The molecule has 0 aliphatic rings. The van der Waals surface area contributed by atoms with Crippen LogP contribution in [0.5, 0.6) is 0 Å². The zero-order valence-corrected chi connectivity index (χ0v) is 15.6. The molecule has 0 saturated heterocycles. The van der Waals surface area contributed by atoms with Gasteiger partial charge in [-0.05, 0) is 11.1 Å². The Morgan fingerprint density at radius 1 is 0.739 bits per heavy atom. The van der Waals surface area contributed by atoms with Crippen molar-refractivity contribution >= 4 is 46.2 Å². The fourth-order valence-corrected chi connectivity index (χ4v) is 4.23. The Kier molecular flexibility index (Phi) is 7.02. The monoisotopic (exact) mass is 360 g/mol. The van der Waals surface area contributed by atoms with Crippen molar-refractivity contribution in [3.8, 4) is 0 Å². The highest BCUT2D eigenvalue weighted by Crippen LogP contribution is 2.41. The topological polar surface area (TPSA) is 24.1 Å². The van der Waals surface area contributed by atoms with Gasteiger partial charge in [0.2, 0.25) is 0 Å². The molecule has 0 spiro atoms. The quantitative estimate of drug-likeness (QED) is 0.748. The number of hydrogen-bond donors (Lipinski definition) is 2. The van der Waals surface area contributed by atoms with Crippen LogP contribution in [-0.2, 0) is 0 Å². The number of thioether (sulfide) groups is 1. The first-order valence-corrected chi connectivity index (χ1v) is 9.12. The van der Waals surface area contributed by atoms with Gasteiger partial charge in [0.15, 0.2) is 0 Å². The Balaban J connectivity index is 2.34. The average molecular weight is 361 g/mol. The molecule has 0 aromatic heterocycles. The van der Waals surface area contributed by atoms with Crippen LogP contribution >= 0.6 is 36.2 Å². The number of benzene rings is 2. The largest absolute Gasteiger partial charge is 0.382 e. The fraction of sp³-hybridized carbons (Fsp3) is 0.222. The van der Waals surface area contributed by atoms with Crippen LogP contribution in [0.3, 0.4) is 0 Å². The standard InChI is InChI=1S/C18H20N2S3/c1-19-17(21)15(13-9-5-3-6-10-13)23-16(18(22)20-2)14-11-7-4-8-12-14/h3-12,15-16H,1-2H3,(H,19,21)(H,20,22). The van der Waals surface area contributed by atoms with E-state index in [2.05, 4.69) is 34.9 Å². The van der Waals surface area contributed by atoms with E-state index in [1.54, 1.807) is 11.8 Å². The summed E-state index contributed by atoms with van der Waals surface area (Å²) in [6.45, 7) is 0. The van der Waals surface area contributed by atoms with Gasteiger partial charge in [-0.2, -0.15) is 0 Å². The van der Waals surface area contributed by atoms with Gasteiger partial charge in [0, 0.05) is 14.1 Å². The molecule has 2 nitrogen and oxygen atoms in total. The first-order valence-electron chi connectivity index (χ1n) is 7.36. The highest BCUT2D eigenvalue weighted by molar-refractivity contribution is 8.03. The van der Waals surface area contributed by atoms with Gasteiger partial charge in [-0.25, -0.2) is 0 Å². The summed E-state index contributed by atoms with van der Waals surface area (Å²) in [5.41, 5.74) is 2.35. The van der Waals surface area contributed by atoms with E-state index in [4.69, 9.17) is 24.4 Å². The van der Waals surface area contributed by atoms with Gasteiger partial charge in [0.25, 0.3) is 0 Å². The second-order valence-corrected chi connectivity index (χ2v) is 7.04. The Bertz CT molecular complexity index is 586. The minimum atomic E-state index is 0.0488. The summed E-state index contributed by atoms with van der Waals surface area (Å²) < 4.78 is 0. The molecule has 0 fully saturated rings. The van der Waals surface area contributed by atoms with Gasteiger partial charge in [0.05, 0.1) is 20.5 Å². The SMILES string of the molecule is CNC(=S)C(SC(C(=S)NC)c1ccccc1)c1ccccc1. The molecule has 0 saturated carbocycles. The van der Waals surface area contributed by atoms with E-state index in [1.807, 2.05) is 50.5 Å². The Morgan fingerprint density at radius 3 is 1.39 bits per heavy atom. The van der Waals surface area contributed by atoms with E-state index in [0.717, 1.165) is 9.98 Å². The normalized spacial score (nSPS) is 13.0. The van der Waals surface area contributed by atoms with Gasteiger partial charge in [-0.1, -0.05) is 85.1 Å². The molecule has 2 unspecified atom stereocenters. The molecular formula is C18H20N2S3. The Hall–Kier alpha value is -1.43. The summed E-state index contributed by atoms with van der Waals surface area (Å²) in [5, 5.41) is 6.35. The van der Waals surface area contributed by atoms with Crippen LogP contribution in [0.1, 0.15) is 21.6 Å². The number of likely N-dealkylation sites (N-methyl/N-ethyl adjacent to an activating group) is 2. The van der Waals surface area contributed by atoms with Gasteiger partial charge in [0.1, 0.15) is 0 Å². The lowest BCUT2D eigenvalue weighted by Gasteiger charge is -2.25. The van der Waals surface area contributed by atoms with Crippen molar-refractivity contribution < 1.29 is 0 Å². The second kappa shape index (κ2) is 9.01. The predicted molar refractivity (Wildman–Crippen MR) is 109 cm³/mol. The van der Waals surface area contributed by atoms with Gasteiger partial charge in [-0.15, -0.1) is 11.8 Å². The summed E-state index contributed by atoms with van der Waals surface area (Å²) in [5.74, 6) is 0. The van der Waals surface area contributed by atoms with Crippen molar-refractivity contribution in [3.63, 3.8) is 0 Å². The van der Waals surface area contributed by atoms with Crippen molar-refractivity contribution in [1.29, 1.82) is 0 Å². The summed E-state index contributed by atoms with van der Waals surface area (Å²) in [6, 6.07) is 20.6. The highest BCUT2D eigenvalue weighted by Gasteiger charge is 2.25. The Morgan fingerprint density at radius 2 is 1.09 bits per heavy atom. The third-order valence-electron chi connectivity index (χ3n) is 3.45. The van der Waals surface area contributed by atoms with Crippen LogP contribution in [0.4, 0.5) is 0 Å². The minimum absolute atomic E-state index is 0.0488. The first-order chi connectivity index (χ1) is 11.2. The van der Waals surface area contributed by atoms with Crippen LogP contribution in [0, 0.1) is 0 Å². The van der Waals surface area contributed by atoms with Crippen molar-refractivity contribution in [1.82, 2.24) is 10.6 Å². The maximum absolute atomic E-state index is 5.55. The second-order valence-electron chi connectivity index (χ2n) is 4.95. The summed E-state index contributed by atoms with van der Waals surface area (Å²) in [4.78, 5) is 1.61. The predicted octanol–water partition coefficient (Wildman–Crippen LogP) is 4.30. The Labute approximate surface area is 153 Å². The summed E-state index contributed by atoms with van der Waals surface area (Å²) >= 11 is 12.9. The molecule has 23 heavy (non-hydrogen) atoms. The lowest BCUT2D eigenvalue weighted by molar-refractivity contribution is 1.10. The molecule has 2 aromatic rings. The van der Waals surface area contributed by atoms with E-state index in [1.165, 1.54) is 11.1 Å². The molecule has 0 radical (unpaired) electrons. The maximum Gasteiger partial charge on any atom is 0.0928 e. The molecule has 120 valence electrons. The van der Waals surface area contributed by atoms with Crippen molar-refractivity contribution in [3.05, 3.63) is 71.8 Å². The van der Waals surface area contributed by atoms with Crippen molar-refractivity contribution in [2.45, 2.75) is 10.5 Å². The van der Waals surface area contributed by atoms with E-state index in [-0.39, 0.29) is 10.5 Å². The lowest BCUT2D eigenvalue weighted by atomic mass is 10.1. The maximum atomic E-state index is 5.55. The van der Waals surface area contributed by atoms with Crippen molar-refractivity contribution in [2.75, 3.05) is 14.1 Å². The van der Waals surface area contributed by atoms with E-state index < -0.39 is 0 Å². The molecule has 0 aliphatic carbocycles. The van der Waals surface area contributed by atoms with E-state index >= 15 is 0 Å². The van der Waals surface area contributed by atoms with Crippen LogP contribution in [0.15, 0.2) is 60.7 Å². The molecule has 0 heterocycles. The van der Waals surface area contributed by atoms with Crippen LogP contribution in [-0.4, -0.2) is 24.1 Å². The molecular weight excluding hydrogens is 340 g/mol. The molecule has 0 aliphatic heterocycles. The first kappa shape index (κ1) is 17.9. The molecule has 2 N–H and O–H groups in total. The zero-order valence-electron chi connectivity index (χ0n) is 13.2. The van der Waals surface area contributed by atoms with E-state index in [0.29, 0.717) is 0 Å². The smallest absolute Gasteiger partial charge is 0.0928 e. The number of hydrogen-bond acceptors (Lipinski definition) is 3. The van der Waals surface area contributed by atoms with Gasteiger partial charge < -0.3 is 10.6 Å². The van der Waals surface area contributed by atoms with Crippen LogP contribution in [0.2, 0.25) is 0 Å². The fourth-order valence-electron chi connectivity index (χ4n) is 2.24. The van der Waals surface area contributed by atoms with Crippen LogP contribution in [0.25, 0.3) is 0 Å². The zero-order chi connectivity index (χ0) is 16.7. The number of nitrogens with one attached hydrogen (secondary N) is 2. The average Bonchev–Trinajstić information content (AvgIpc) is 2.63. The molecule has 0 bridgehead atoms. The number of thiocarbonyl (C=S) groups is 2. The number of rotatable bonds is 6. The highest BCUT2D eigenvalue weighted by atomic mass is 32.2. The van der Waals surface area contributed by atoms with E-state index in [9.17, 15) is 0 Å². The summed E-state index contributed by atoms with van der Waals surface area (Å²) in [6.07, 6.45) is 0. The van der Waals surface area contributed by atoms with Crippen molar-refractivity contribution in [2.24, 2.45) is 0 Å². The van der Waals surface area contributed by atoms with Gasteiger partial charge in [-0.3, -0.25) is 0 Å². The minimum Gasteiger partial charge on any atom is -0.382 e.